The Morgan fingerprint density at radius 3 is 2.58 bits per heavy atom. The molecule has 0 radical (unpaired) electrons. The Kier molecular flexibility index (Phi) is 4.46. The van der Waals surface area contributed by atoms with E-state index in [1.165, 1.54) is 0 Å². The van der Waals surface area contributed by atoms with Crippen LogP contribution in [-0.4, -0.2) is 11.8 Å². The van der Waals surface area contributed by atoms with E-state index >= 15 is 0 Å². The number of fused-ring (bicyclic) bond motifs is 1. The predicted octanol–water partition coefficient (Wildman–Crippen LogP) is 4.58. The largest absolute Gasteiger partial charge is 0.326 e. The number of carbonyl (C=O) groups excluding carboxylic acids is 2. The van der Waals surface area contributed by atoms with Gasteiger partial charge in [-0.1, -0.05) is 42.1 Å². The van der Waals surface area contributed by atoms with Crippen LogP contribution in [0.5, 0.6) is 0 Å². The maximum atomic E-state index is 12.7. The second-order valence-electron chi connectivity index (χ2n) is 5.96. The van der Waals surface area contributed by atoms with E-state index in [9.17, 15) is 9.59 Å². The first-order valence-corrected chi connectivity index (χ1v) is 9.07. The van der Waals surface area contributed by atoms with Crippen LogP contribution in [0.15, 0.2) is 82.6 Å². The van der Waals surface area contributed by atoms with Crippen LogP contribution in [0.25, 0.3) is 0 Å². The van der Waals surface area contributed by atoms with Crippen molar-refractivity contribution in [3.8, 4) is 0 Å². The molecule has 0 aliphatic carbocycles. The molecule has 0 bridgehead atoms. The quantitative estimate of drug-likeness (QED) is 0.716. The van der Waals surface area contributed by atoms with Gasteiger partial charge in [0, 0.05) is 21.0 Å². The zero-order chi connectivity index (χ0) is 17.9. The molecule has 5 heteroatoms. The van der Waals surface area contributed by atoms with Gasteiger partial charge in [-0.05, 0) is 48.0 Å². The van der Waals surface area contributed by atoms with Crippen LogP contribution in [0, 0.1) is 0 Å². The highest BCUT2D eigenvalue weighted by atomic mass is 32.2. The van der Waals surface area contributed by atoms with Crippen molar-refractivity contribution in [2.24, 2.45) is 0 Å². The summed E-state index contributed by atoms with van der Waals surface area (Å²) in [5.74, 6) is -0.226. The molecule has 0 aromatic heterocycles. The number of hydrogen-bond donors (Lipinski definition) is 2. The molecule has 0 spiro atoms. The number of amides is 2. The standard InChI is InChI=1S/C21H16N2O2S/c24-20-13-15-12-14(10-11-17(15)22-20)21(25)23-18-8-4-5-9-19(18)26-16-6-2-1-3-7-16/h1-12H,13H2,(H,22,24)(H,23,25). The molecular formula is C21H16N2O2S. The van der Waals surface area contributed by atoms with Crippen molar-refractivity contribution in [1.29, 1.82) is 0 Å². The maximum absolute atomic E-state index is 12.7. The molecule has 26 heavy (non-hydrogen) atoms. The van der Waals surface area contributed by atoms with E-state index in [-0.39, 0.29) is 11.8 Å². The fourth-order valence-electron chi connectivity index (χ4n) is 2.84. The Bertz CT molecular complexity index is 986. The third kappa shape index (κ3) is 3.48. The predicted molar refractivity (Wildman–Crippen MR) is 104 cm³/mol. The number of anilines is 2. The summed E-state index contributed by atoms with van der Waals surface area (Å²) in [5, 5.41) is 5.76. The molecule has 4 nitrogen and oxygen atoms in total. The zero-order valence-electron chi connectivity index (χ0n) is 13.9. The summed E-state index contributed by atoms with van der Waals surface area (Å²) in [5.41, 5.74) is 2.95. The van der Waals surface area contributed by atoms with E-state index in [1.807, 2.05) is 54.6 Å². The van der Waals surface area contributed by atoms with E-state index < -0.39 is 0 Å². The van der Waals surface area contributed by atoms with E-state index in [4.69, 9.17) is 0 Å². The van der Waals surface area contributed by atoms with Crippen molar-refractivity contribution >= 4 is 35.0 Å². The smallest absolute Gasteiger partial charge is 0.255 e. The lowest BCUT2D eigenvalue weighted by Crippen LogP contribution is -2.12. The van der Waals surface area contributed by atoms with Crippen molar-refractivity contribution < 1.29 is 9.59 Å². The van der Waals surface area contributed by atoms with Crippen LogP contribution in [0.3, 0.4) is 0 Å². The lowest BCUT2D eigenvalue weighted by atomic mass is 10.1. The first-order chi connectivity index (χ1) is 12.7. The summed E-state index contributed by atoms with van der Waals surface area (Å²) in [6.07, 6.45) is 0.316. The number of carbonyl (C=O) groups is 2. The summed E-state index contributed by atoms with van der Waals surface area (Å²) in [7, 11) is 0. The van der Waals surface area contributed by atoms with Crippen molar-refractivity contribution in [2.75, 3.05) is 10.6 Å². The lowest BCUT2D eigenvalue weighted by Gasteiger charge is -2.11. The molecule has 0 atom stereocenters. The minimum atomic E-state index is -0.187. The van der Waals surface area contributed by atoms with Gasteiger partial charge in [0.1, 0.15) is 0 Å². The van der Waals surface area contributed by atoms with Gasteiger partial charge in [0.25, 0.3) is 5.91 Å². The van der Waals surface area contributed by atoms with Gasteiger partial charge in [-0.3, -0.25) is 9.59 Å². The summed E-state index contributed by atoms with van der Waals surface area (Å²) >= 11 is 1.60. The van der Waals surface area contributed by atoms with E-state index in [2.05, 4.69) is 10.6 Å². The third-order valence-electron chi connectivity index (χ3n) is 4.10. The van der Waals surface area contributed by atoms with Gasteiger partial charge in [0.2, 0.25) is 5.91 Å². The molecule has 128 valence electrons. The van der Waals surface area contributed by atoms with E-state index in [1.54, 1.807) is 30.0 Å². The van der Waals surface area contributed by atoms with Crippen LogP contribution in [0.2, 0.25) is 0 Å². The fraction of sp³-hybridized carbons (Fsp3) is 0.0476. The average Bonchev–Trinajstić information content (AvgIpc) is 3.03. The summed E-state index contributed by atoms with van der Waals surface area (Å²) in [6, 6.07) is 23.0. The fourth-order valence-corrected chi connectivity index (χ4v) is 3.76. The van der Waals surface area contributed by atoms with Gasteiger partial charge >= 0.3 is 0 Å². The Balaban J connectivity index is 1.55. The molecule has 3 aromatic rings. The monoisotopic (exact) mass is 360 g/mol. The van der Waals surface area contributed by atoms with Crippen LogP contribution in [-0.2, 0) is 11.2 Å². The molecule has 0 saturated carbocycles. The third-order valence-corrected chi connectivity index (χ3v) is 5.18. The molecular weight excluding hydrogens is 344 g/mol. The van der Waals surface area contributed by atoms with Crippen molar-refractivity contribution in [1.82, 2.24) is 0 Å². The van der Waals surface area contributed by atoms with Crippen molar-refractivity contribution in [2.45, 2.75) is 16.2 Å². The molecule has 2 N–H and O–H groups in total. The molecule has 1 aliphatic heterocycles. The highest BCUT2D eigenvalue weighted by Gasteiger charge is 2.19. The van der Waals surface area contributed by atoms with E-state index in [0.717, 1.165) is 26.7 Å². The van der Waals surface area contributed by atoms with Crippen LogP contribution < -0.4 is 10.6 Å². The van der Waals surface area contributed by atoms with E-state index in [0.29, 0.717) is 12.0 Å². The number of benzene rings is 3. The Hall–Kier alpha value is -3.05. The lowest BCUT2D eigenvalue weighted by molar-refractivity contribution is -0.115. The van der Waals surface area contributed by atoms with Gasteiger partial charge in [0.15, 0.2) is 0 Å². The Morgan fingerprint density at radius 2 is 1.73 bits per heavy atom. The summed E-state index contributed by atoms with van der Waals surface area (Å²) in [6.45, 7) is 0. The van der Waals surface area contributed by atoms with Crippen LogP contribution in [0.4, 0.5) is 11.4 Å². The molecule has 3 aromatic carbocycles. The maximum Gasteiger partial charge on any atom is 0.255 e. The topological polar surface area (TPSA) is 58.2 Å². The van der Waals surface area contributed by atoms with Gasteiger partial charge in [-0.15, -0.1) is 0 Å². The molecule has 0 saturated heterocycles. The minimum absolute atomic E-state index is 0.0397. The van der Waals surface area contributed by atoms with Gasteiger partial charge in [0.05, 0.1) is 12.1 Å². The highest BCUT2D eigenvalue weighted by molar-refractivity contribution is 7.99. The molecule has 4 rings (SSSR count). The normalized spacial score (nSPS) is 12.4. The van der Waals surface area contributed by atoms with Crippen molar-refractivity contribution in [3.63, 3.8) is 0 Å². The summed E-state index contributed by atoms with van der Waals surface area (Å²) < 4.78 is 0. The van der Waals surface area contributed by atoms with Crippen LogP contribution in [0.1, 0.15) is 15.9 Å². The van der Waals surface area contributed by atoms with Crippen molar-refractivity contribution in [3.05, 3.63) is 83.9 Å². The molecule has 0 unspecified atom stereocenters. The number of nitrogens with one attached hydrogen (secondary N) is 2. The SMILES string of the molecule is O=C1Cc2cc(C(=O)Nc3ccccc3Sc3ccccc3)ccc2N1. The minimum Gasteiger partial charge on any atom is -0.326 e. The number of rotatable bonds is 4. The molecule has 2 amide bonds. The second kappa shape index (κ2) is 7.06. The zero-order valence-corrected chi connectivity index (χ0v) is 14.7. The first-order valence-electron chi connectivity index (χ1n) is 8.25. The van der Waals surface area contributed by atoms with Gasteiger partial charge < -0.3 is 10.6 Å². The first kappa shape index (κ1) is 16.4. The Morgan fingerprint density at radius 1 is 0.962 bits per heavy atom. The second-order valence-corrected chi connectivity index (χ2v) is 7.08. The average molecular weight is 360 g/mol. The summed E-state index contributed by atoms with van der Waals surface area (Å²) in [4.78, 5) is 26.2. The van der Waals surface area contributed by atoms with Gasteiger partial charge in [-0.2, -0.15) is 0 Å². The number of para-hydroxylation sites is 1. The number of hydrogen-bond acceptors (Lipinski definition) is 3. The highest BCUT2D eigenvalue weighted by Crippen LogP contribution is 2.33. The van der Waals surface area contributed by atoms with Crippen LogP contribution >= 0.6 is 11.8 Å². The molecule has 0 fully saturated rings. The molecule has 1 aliphatic rings. The Labute approximate surface area is 155 Å². The molecule has 1 heterocycles. The van der Waals surface area contributed by atoms with Gasteiger partial charge in [-0.25, -0.2) is 0 Å².